The van der Waals surface area contributed by atoms with E-state index >= 15 is 0 Å². The van der Waals surface area contributed by atoms with Gasteiger partial charge in [-0.25, -0.2) is 4.79 Å². The smallest absolute Gasteiger partial charge is 0.390 e. The van der Waals surface area contributed by atoms with Gasteiger partial charge in [0.25, 0.3) is 0 Å². The summed E-state index contributed by atoms with van der Waals surface area (Å²) in [6, 6.07) is 4.02. The molecule has 1 aliphatic rings. The number of nitrogens with one attached hydrogen (secondary N) is 1. The summed E-state index contributed by atoms with van der Waals surface area (Å²) in [5.74, 6) is 0. The molecular formula is C18H25F3N2O2. The van der Waals surface area contributed by atoms with Crippen LogP contribution in [0.25, 0.3) is 0 Å². The van der Waals surface area contributed by atoms with Gasteiger partial charge in [-0.1, -0.05) is 26.2 Å². The number of halogens is 3. The van der Waals surface area contributed by atoms with E-state index in [0.717, 1.165) is 37.8 Å². The van der Waals surface area contributed by atoms with Gasteiger partial charge >= 0.3 is 12.2 Å². The maximum absolute atomic E-state index is 12.5. The van der Waals surface area contributed by atoms with Crippen molar-refractivity contribution < 1.29 is 23.1 Å². The molecule has 0 saturated carbocycles. The standard InChI is InChI=1S/C18H25F3N2O2/c1-2-3-4-9-17(25)10-12-23(13-11-17)16(24)22-15-7-5-14(6-8-15)18(19,20)21/h5-8,25H,2-4,9-13H2,1H3,(H,22,24). The Kier molecular flexibility index (Phi) is 6.32. The second-order valence-electron chi connectivity index (χ2n) is 6.67. The Balaban J connectivity index is 1.84. The van der Waals surface area contributed by atoms with Crippen LogP contribution in [-0.4, -0.2) is 34.7 Å². The molecular weight excluding hydrogens is 333 g/mol. The molecule has 1 heterocycles. The Morgan fingerprint density at radius 3 is 2.32 bits per heavy atom. The van der Waals surface area contributed by atoms with Crippen molar-refractivity contribution in [2.75, 3.05) is 18.4 Å². The lowest BCUT2D eigenvalue weighted by molar-refractivity contribution is -0.137. The van der Waals surface area contributed by atoms with Crippen molar-refractivity contribution in [1.82, 2.24) is 4.90 Å². The third-order valence-corrected chi connectivity index (χ3v) is 4.69. The predicted octanol–water partition coefficient (Wildman–Crippen LogP) is 4.64. The number of benzene rings is 1. The van der Waals surface area contributed by atoms with Crippen LogP contribution >= 0.6 is 0 Å². The number of carbonyl (C=O) groups is 1. The third kappa shape index (κ3) is 5.63. The largest absolute Gasteiger partial charge is 0.416 e. The summed E-state index contributed by atoms with van der Waals surface area (Å²) in [4.78, 5) is 13.8. The summed E-state index contributed by atoms with van der Waals surface area (Å²) in [6.45, 7) is 2.99. The summed E-state index contributed by atoms with van der Waals surface area (Å²) in [7, 11) is 0. The normalized spacial score (nSPS) is 17.4. The van der Waals surface area contributed by atoms with Gasteiger partial charge in [0.1, 0.15) is 0 Å². The number of likely N-dealkylation sites (tertiary alicyclic amines) is 1. The minimum atomic E-state index is -4.39. The summed E-state index contributed by atoms with van der Waals surface area (Å²) < 4.78 is 37.6. The van der Waals surface area contributed by atoms with E-state index in [2.05, 4.69) is 12.2 Å². The van der Waals surface area contributed by atoms with Crippen molar-refractivity contribution in [3.05, 3.63) is 29.8 Å². The Hall–Kier alpha value is -1.76. The van der Waals surface area contributed by atoms with Crippen molar-refractivity contribution in [3.8, 4) is 0 Å². The molecule has 2 rings (SSSR count). The maximum Gasteiger partial charge on any atom is 0.416 e. The number of unbranched alkanes of at least 4 members (excludes halogenated alkanes) is 2. The molecule has 1 saturated heterocycles. The first-order valence-corrected chi connectivity index (χ1v) is 8.69. The highest BCUT2D eigenvalue weighted by atomic mass is 19.4. The predicted molar refractivity (Wildman–Crippen MR) is 90.4 cm³/mol. The molecule has 2 amide bonds. The quantitative estimate of drug-likeness (QED) is 0.753. The Labute approximate surface area is 146 Å². The SMILES string of the molecule is CCCCCC1(O)CCN(C(=O)Nc2ccc(C(F)(F)F)cc2)CC1. The van der Waals surface area contributed by atoms with E-state index in [9.17, 15) is 23.1 Å². The first-order chi connectivity index (χ1) is 11.7. The topological polar surface area (TPSA) is 52.6 Å². The minimum Gasteiger partial charge on any atom is -0.390 e. The summed E-state index contributed by atoms with van der Waals surface area (Å²) in [5, 5.41) is 13.1. The number of piperidine rings is 1. The van der Waals surface area contributed by atoms with Crippen LogP contribution in [0.1, 0.15) is 51.0 Å². The number of rotatable bonds is 5. The van der Waals surface area contributed by atoms with Crippen molar-refractivity contribution in [3.63, 3.8) is 0 Å². The van der Waals surface area contributed by atoms with Gasteiger partial charge in [0.2, 0.25) is 0 Å². The lowest BCUT2D eigenvalue weighted by Crippen LogP contribution is -2.48. The van der Waals surface area contributed by atoms with Crippen LogP contribution in [0.2, 0.25) is 0 Å². The molecule has 1 fully saturated rings. The number of alkyl halides is 3. The van der Waals surface area contributed by atoms with Gasteiger partial charge in [0, 0.05) is 18.8 Å². The van der Waals surface area contributed by atoms with Gasteiger partial charge in [-0.2, -0.15) is 13.2 Å². The lowest BCUT2D eigenvalue weighted by Gasteiger charge is -2.38. The second kappa shape index (κ2) is 8.08. The van der Waals surface area contributed by atoms with Crippen molar-refractivity contribution in [2.45, 2.75) is 57.2 Å². The molecule has 0 bridgehead atoms. The van der Waals surface area contributed by atoms with Gasteiger partial charge in [0.05, 0.1) is 11.2 Å². The maximum atomic E-state index is 12.5. The lowest BCUT2D eigenvalue weighted by atomic mass is 9.86. The number of aliphatic hydroxyl groups is 1. The molecule has 0 spiro atoms. The van der Waals surface area contributed by atoms with E-state index in [-0.39, 0.29) is 6.03 Å². The van der Waals surface area contributed by atoms with Crippen LogP contribution in [0.5, 0.6) is 0 Å². The van der Waals surface area contributed by atoms with E-state index in [0.29, 0.717) is 31.6 Å². The zero-order valence-corrected chi connectivity index (χ0v) is 14.4. The van der Waals surface area contributed by atoms with E-state index in [4.69, 9.17) is 0 Å². The molecule has 0 aromatic heterocycles. The fraction of sp³-hybridized carbons (Fsp3) is 0.611. The highest BCUT2D eigenvalue weighted by molar-refractivity contribution is 5.89. The Bertz CT molecular complexity index is 565. The average Bonchev–Trinajstić information content (AvgIpc) is 2.55. The number of nitrogens with zero attached hydrogens (tertiary/aromatic N) is 1. The number of urea groups is 1. The van der Waals surface area contributed by atoms with Gasteiger partial charge < -0.3 is 15.3 Å². The number of anilines is 1. The van der Waals surface area contributed by atoms with E-state index in [1.807, 2.05) is 0 Å². The fourth-order valence-electron chi connectivity index (χ4n) is 3.03. The average molecular weight is 358 g/mol. The van der Waals surface area contributed by atoms with E-state index < -0.39 is 17.3 Å². The zero-order valence-electron chi connectivity index (χ0n) is 14.4. The molecule has 0 unspecified atom stereocenters. The molecule has 7 heteroatoms. The summed E-state index contributed by atoms with van der Waals surface area (Å²) >= 11 is 0. The summed E-state index contributed by atoms with van der Waals surface area (Å²) in [6.07, 6.45) is 0.560. The molecule has 1 aliphatic heterocycles. The molecule has 0 aliphatic carbocycles. The number of hydrogen-bond acceptors (Lipinski definition) is 2. The second-order valence-corrected chi connectivity index (χ2v) is 6.67. The first kappa shape index (κ1) is 19.6. The highest BCUT2D eigenvalue weighted by Gasteiger charge is 2.33. The van der Waals surface area contributed by atoms with Crippen LogP contribution in [0.4, 0.5) is 23.7 Å². The van der Waals surface area contributed by atoms with Gasteiger partial charge in [0.15, 0.2) is 0 Å². The number of carbonyl (C=O) groups excluding carboxylic acids is 1. The summed E-state index contributed by atoms with van der Waals surface area (Å²) in [5.41, 5.74) is -1.14. The van der Waals surface area contributed by atoms with Crippen molar-refractivity contribution in [1.29, 1.82) is 0 Å². The van der Waals surface area contributed by atoms with Crippen LogP contribution < -0.4 is 5.32 Å². The molecule has 0 radical (unpaired) electrons. The zero-order chi connectivity index (χ0) is 18.5. The van der Waals surface area contributed by atoms with E-state index in [1.165, 1.54) is 12.1 Å². The van der Waals surface area contributed by atoms with Crippen LogP contribution in [-0.2, 0) is 6.18 Å². The van der Waals surface area contributed by atoms with E-state index in [1.54, 1.807) is 4.90 Å². The van der Waals surface area contributed by atoms with Crippen molar-refractivity contribution in [2.24, 2.45) is 0 Å². The van der Waals surface area contributed by atoms with Crippen molar-refractivity contribution >= 4 is 11.7 Å². The monoisotopic (exact) mass is 358 g/mol. The van der Waals surface area contributed by atoms with Crippen LogP contribution in [0, 0.1) is 0 Å². The Morgan fingerprint density at radius 2 is 1.80 bits per heavy atom. The van der Waals surface area contributed by atoms with Crippen LogP contribution in [0.15, 0.2) is 24.3 Å². The third-order valence-electron chi connectivity index (χ3n) is 4.69. The van der Waals surface area contributed by atoms with Gasteiger partial charge in [-0.3, -0.25) is 0 Å². The minimum absolute atomic E-state index is 0.321. The molecule has 1 aromatic carbocycles. The highest BCUT2D eigenvalue weighted by Crippen LogP contribution is 2.30. The first-order valence-electron chi connectivity index (χ1n) is 8.69. The van der Waals surface area contributed by atoms with Crippen LogP contribution in [0.3, 0.4) is 0 Å². The number of hydrogen-bond donors (Lipinski definition) is 2. The molecule has 1 aromatic rings. The van der Waals surface area contributed by atoms with Gasteiger partial charge in [-0.15, -0.1) is 0 Å². The molecule has 2 N–H and O–H groups in total. The fourth-order valence-corrected chi connectivity index (χ4v) is 3.03. The molecule has 4 nitrogen and oxygen atoms in total. The number of amides is 2. The Morgan fingerprint density at radius 1 is 1.20 bits per heavy atom. The van der Waals surface area contributed by atoms with Gasteiger partial charge in [-0.05, 0) is 43.5 Å². The molecule has 140 valence electrons. The molecule has 25 heavy (non-hydrogen) atoms. The molecule has 0 atom stereocenters.